The van der Waals surface area contributed by atoms with Gasteiger partial charge in [0.15, 0.2) is 0 Å². The highest BCUT2D eigenvalue weighted by molar-refractivity contribution is 8.18. The number of thioether (sulfide) groups is 1. The van der Waals surface area contributed by atoms with Crippen molar-refractivity contribution >= 4 is 29.0 Å². The fourth-order valence-electron chi connectivity index (χ4n) is 4.04. The van der Waals surface area contributed by atoms with Crippen molar-refractivity contribution in [1.82, 2.24) is 20.6 Å². The first-order valence-electron chi connectivity index (χ1n) is 10.5. The number of amides is 2. The van der Waals surface area contributed by atoms with E-state index >= 15 is 0 Å². The van der Waals surface area contributed by atoms with Gasteiger partial charge in [-0.2, -0.15) is 0 Å². The summed E-state index contributed by atoms with van der Waals surface area (Å²) in [6, 6.07) is 13.0. The van der Waals surface area contributed by atoms with Crippen LogP contribution in [-0.4, -0.2) is 33.7 Å². The van der Waals surface area contributed by atoms with Crippen LogP contribution in [-0.2, 0) is 17.6 Å². The van der Waals surface area contributed by atoms with Crippen LogP contribution in [0.3, 0.4) is 0 Å². The van der Waals surface area contributed by atoms with Crippen molar-refractivity contribution in [2.45, 2.75) is 44.6 Å². The summed E-state index contributed by atoms with van der Waals surface area (Å²) in [5.41, 5.74) is 2.05. The average molecular weight is 423 g/mol. The van der Waals surface area contributed by atoms with Gasteiger partial charge in [0, 0.05) is 18.7 Å². The lowest BCUT2D eigenvalue weighted by Gasteiger charge is -2.29. The van der Waals surface area contributed by atoms with Crippen molar-refractivity contribution in [1.29, 1.82) is 0 Å². The molecular formula is C23H26N4O2S. The standard InChI is InChI=1S/C23H26N4O2S/c28-22-20(30-23(29)27-22)15-19-11-13-25-21(26-19)14-17-6-8-18(9-7-17)24-12-10-16-4-2-1-3-5-16/h1-5,11,13,15,17-18,24H,6-10,12,14H2,(H,27,28,29)/b20-15-. The molecule has 1 aliphatic carbocycles. The summed E-state index contributed by atoms with van der Waals surface area (Å²) in [7, 11) is 0. The SMILES string of the molecule is O=C1NC(=O)/C(=C/c2ccnc(CC3CCC(NCCc4ccccc4)CC3)n2)S1. The first kappa shape index (κ1) is 20.8. The van der Waals surface area contributed by atoms with E-state index in [2.05, 4.69) is 50.9 Å². The number of hydrogen-bond donors (Lipinski definition) is 2. The molecule has 1 saturated heterocycles. The van der Waals surface area contributed by atoms with Gasteiger partial charge in [0.1, 0.15) is 5.82 Å². The van der Waals surface area contributed by atoms with Crippen molar-refractivity contribution in [2.75, 3.05) is 6.54 Å². The van der Waals surface area contributed by atoms with E-state index in [0.717, 1.165) is 37.0 Å². The van der Waals surface area contributed by atoms with Crippen LogP contribution in [0.4, 0.5) is 4.79 Å². The van der Waals surface area contributed by atoms with Gasteiger partial charge in [-0.25, -0.2) is 9.97 Å². The largest absolute Gasteiger partial charge is 0.314 e. The molecule has 6 nitrogen and oxygen atoms in total. The quantitative estimate of drug-likeness (QED) is 0.662. The number of rotatable bonds is 7. The number of imide groups is 1. The molecule has 2 N–H and O–H groups in total. The minimum atomic E-state index is -0.358. The van der Waals surface area contributed by atoms with E-state index in [9.17, 15) is 9.59 Å². The number of carbonyl (C=O) groups excluding carboxylic acids is 2. The lowest BCUT2D eigenvalue weighted by atomic mass is 9.84. The molecule has 0 atom stereocenters. The Morgan fingerprint density at radius 3 is 2.63 bits per heavy atom. The maximum atomic E-state index is 11.7. The Hall–Kier alpha value is -2.51. The maximum absolute atomic E-state index is 11.7. The topological polar surface area (TPSA) is 84.0 Å². The predicted octanol–water partition coefficient (Wildman–Crippen LogP) is 3.73. The first-order valence-corrected chi connectivity index (χ1v) is 11.3. The van der Waals surface area contributed by atoms with Crippen molar-refractivity contribution in [3.63, 3.8) is 0 Å². The van der Waals surface area contributed by atoms with Crippen LogP contribution in [0, 0.1) is 5.92 Å². The molecule has 2 fully saturated rings. The molecule has 0 radical (unpaired) electrons. The highest BCUT2D eigenvalue weighted by Gasteiger charge is 2.25. The van der Waals surface area contributed by atoms with Crippen LogP contribution in [0.5, 0.6) is 0 Å². The molecule has 2 aliphatic rings. The molecule has 1 aromatic heterocycles. The fraction of sp³-hybridized carbons (Fsp3) is 0.391. The van der Waals surface area contributed by atoms with Crippen LogP contribution < -0.4 is 10.6 Å². The molecular weight excluding hydrogens is 396 g/mol. The van der Waals surface area contributed by atoms with Gasteiger partial charge in [0.05, 0.1) is 10.6 Å². The van der Waals surface area contributed by atoms with E-state index in [4.69, 9.17) is 0 Å². The number of aromatic nitrogens is 2. The third-order valence-electron chi connectivity index (χ3n) is 5.66. The van der Waals surface area contributed by atoms with Gasteiger partial charge in [-0.15, -0.1) is 0 Å². The molecule has 1 saturated carbocycles. The van der Waals surface area contributed by atoms with Crippen LogP contribution in [0.2, 0.25) is 0 Å². The minimum Gasteiger partial charge on any atom is -0.314 e. The zero-order chi connectivity index (χ0) is 20.8. The van der Waals surface area contributed by atoms with E-state index in [1.165, 1.54) is 31.2 Å². The minimum absolute atomic E-state index is 0.338. The molecule has 2 amide bonds. The molecule has 0 bridgehead atoms. The summed E-state index contributed by atoms with van der Waals surface area (Å²) < 4.78 is 0. The van der Waals surface area contributed by atoms with Crippen LogP contribution in [0.25, 0.3) is 6.08 Å². The molecule has 1 aliphatic heterocycles. The molecule has 4 rings (SSSR count). The van der Waals surface area contributed by atoms with Crippen LogP contribution >= 0.6 is 11.8 Å². The summed E-state index contributed by atoms with van der Waals surface area (Å²) in [6.07, 6.45) is 10.0. The van der Waals surface area contributed by atoms with Crippen LogP contribution in [0.15, 0.2) is 47.5 Å². The Labute approximate surface area is 181 Å². The second kappa shape index (κ2) is 10.00. The molecule has 156 valence electrons. The highest BCUT2D eigenvalue weighted by Crippen LogP contribution is 2.27. The van der Waals surface area contributed by atoms with E-state index in [0.29, 0.717) is 22.6 Å². The molecule has 0 spiro atoms. The van der Waals surface area contributed by atoms with E-state index in [1.807, 2.05) is 0 Å². The number of carbonyl (C=O) groups is 2. The lowest BCUT2D eigenvalue weighted by Crippen LogP contribution is -2.35. The van der Waals surface area contributed by atoms with Gasteiger partial charge in [-0.05, 0) is 74.0 Å². The first-order chi connectivity index (χ1) is 14.7. The van der Waals surface area contributed by atoms with Crippen molar-refractivity contribution in [3.8, 4) is 0 Å². The molecule has 7 heteroatoms. The number of benzene rings is 1. The van der Waals surface area contributed by atoms with Gasteiger partial charge in [-0.1, -0.05) is 30.3 Å². The van der Waals surface area contributed by atoms with Gasteiger partial charge >= 0.3 is 0 Å². The Morgan fingerprint density at radius 1 is 1.10 bits per heavy atom. The summed E-state index contributed by atoms with van der Waals surface area (Å²) in [6.45, 7) is 1.02. The van der Waals surface area contributed by atoms with E-state index in [1.54, 1.807) is 18.3 Å². The number of nitrogens with one attached hydrogen (secondary N) is 2. The summed E-state index contributed by atoms with van der Waals surface area (Å²) in [5.74, 6) is 1.04. The summed E-state index contributed by atoms with van der Waals surface area (Å²) in [5, 5.41) is 5.63. The summed E-state index contributed by atoms with van der Waals surface area (Å²) >= 11 is 0.909. The van der Waals surface area contributed by atoms with Crippen molar-refractivity contribution < 1.29 is 9.59 Å². The Balaban J connectivity index is 1.24. The molecule has 2 heterocycles. The smallest absolute Gasteiger partial charge is 0.290 e. The molecule has 1 aromatic carbocycles. The average Bonchev–Trinajstić information content (AvgIpc) is 3.07. The molecule has 30 heavy (non-hydrogen) atoms. The predicted molar refractivity (Wildman–Crippen MR) is 119 cm³/mol. The summed E-state index contributed by atoms with van der Waals surface area (Å²) in [4.78, 5) is 32.4. The monoisotopic (exact) mass is 422 g/mol. The van der Waals surface area contributed by atoms with Gasteiger partial charge in [0.25, 0.3) is 11.1 Å². The second-order valence-electron chi connectivity index (χ2n) is 7.86. The van der Waals surface area contributed by atoms with Gasteiger partial charge in [-0.3, -0.25) is 14.9 Å². The Bertz CT molecular complexity index is 924. The van der Waals surface area contributed by atoms with E-state index in [-0.39, 0.29) is 11.1 Å². The van der Waals surface area contributed by atoms with Crippen molar-refractivity contribution in [3.05, 3.63) is 64.6 Å². The third kappa shape index (κ3) is 5.77. The highest BCUT2D eigenvalue weighted by atomic mass is 32.2. The van der Waals surface area contributed by atoms with Crippen molar-refractivity contribution in [2.24, 2.45) is 5.92 Å². The van der Waals surface area contributed by atoms with E-state index < -0.39 is 0 Å². The Morgan fingerprint density at radius 2 is 1.90 bits per heavy atom. The fourth-order valence-corrected chi connectivity index (χ4v) is 4.71. The second-order valence-corrected chi connectivity index (χ2v) is 8.88. The zero-order valence-corrected chi connectivity index (χ0v) is 17.7. The normalized spacial score (nSPS) is 23.0. The number of hydrogen-bond acceptors (Lipinski definition) is 6. The third-order valence-corrected chi connectivity index (χ3v) is 6.47. The lowest BCUT2D eigenvalue weighted by molar-refractivity contribution is -0.115. The van der Waals surface area contributed by atoms with Gasteiger partial charge in [0.2, 0.25) is 0 Å². The Kier molecular flexibility index (Phi) is 6.92. The molecule has 0 unspecified atom stereocenters. The maximum Gasteiger partial charge on any atom is 0.290 e. The molecule has 2 aromatic rings. The zero-order valence-electron chi connectivity index (χ0n) is 16.8. The van der Waals surface area contributed by atoms with Crippen LogP contribution in [0.1, 0.15) is 42.8 Å². The van der Waals surface area contributed by atoms with Gasteiger partial charge < -0.3 is 5.32 Å². The number of nitrogens with zero attached hydrogens (tertiary/aromatic N) is 2.